The van der Waals surface area contributed by atoms with Crippen LogP contribution in [0.4, 0.5) is 0 Å². The summed E-state index contributed by atoms with van der Waals surface area (Å²) in [7, 11) is 0. The van der Waals surface area contributed by atoms with Crippen molar-refractivity contribution in [1.29, 1.82) is 0 Å². The fraction of sp³-hybridized carbons (Fsp3) is 0.611. The minimum Gasteiger partial charge on any atom is -1.00 e. The first-order valence-electron chi connectivity index (χ1n) is 15.2. The summed E-state index contributed by atoms with van der Waals surface area (Å²) < 4.78 is 10.3. The van der Waals surface area contributed by atoms with Crippen molar-refractivity contribution in [3.63, 3.8) is 0 Å². The molecule has 0 aliphatic heterocycles. The predicted molar refractivity (Wildman–Crippen MR) is 173 cm³/mol. The van der Waals surface area contributed by atoms with E-state index in [4.69, 9.17) is 8.02 Å². The molecule has 0 amide bonds. The van der Waals surface area contributed by atoms with E-state index in [1.54, 1.807) is 0 Å². The smallest absolute Gasteiger partial charge is 1.00 e. The molecule has 1 aliphatic carbocycles. The molecule has 2 aromatic carbocycles. The van der Waals surface area contributed by atoms with E-state index in [-0.39, 0.29) is 34.1 Å². The molecule has 4 nitrogen and oxygen atoms in total. The number of benzene rings is 2. The molecule has 1 saturated carbocycles. The second kappa shape index (κ2) is 13.4. The Bertz CT molecular complexity index is 1190. The summed E-state index contributed by atoms with van der Waals surface area (Å²) in [6, 6.07) is 8.48. The first-order valence-corrected chi connectivity index (χ1v) is 17.0. The van der Waals surface area contributed by atoms with Gasteiger partial charge in [-0.05, 0) is 0 Å². The van der Waals surface area contributed by atoms with Crippen molar-refractivity contribution >= 4 is 12.4 Å². The molecule has 3 rings (SSSR count). The van der Waals surface area contributed by atoms with Crippen molar-refractivity contribution in [3.8, 4) is 11.5 Å². The Hall–Kier alpha value is -1.81. The molecular formula is C36H55ClMnN2O2. The second-order valence-corrected chi connectivity index (χ2v) is 18.3. The maximum Gasteiger partial charge on any atom is -1.00 e. The number of phenolic OH excluding ortho intramolecular Hbond substituents is 2. The first kappa shape index (κ1) is 36.4. The Morgan fingerprint density at radius 1 is 0.595 bits per heavy atom. The maximum atomic E-state index is 11.3. The van der Waals surface area contributed by atoms with E-state index in [2.05, 4.69) is 107 Å². The van der Waals surface area contributed by atoms with Crippen LogP contribution in [0.2, 0.25) is 4.82 Å². The molecule has 2 N–H and O–H groups in total. The van der Waals surface area contributed by atoms with E-state index in [9.17, 15) is 10.2 Å². The zero-order valence-corrected chi connectivity index (χ0v) is 30.1. The Balaban J connectivity index is 0.00000616. The van der Waals surface area contributed by atoms with E-state index >= 15 is 0 Å². The summed E-state index contributed by atoms with van der Waals surface area (Å²) in [5.74, 6) is 0.628. The molecule has 0 radical (unpaired) electrons. The number of hydrogen-bond donors (Lipinski definition) is 2. The molecule has 0 atom stereocenters. The maximum absolute atomic E-state index is 11.3. The average Bonchev–Trinajstić information content (AvgIpc) is 2.83. The van der Waals surface area contributed by atoms with Crippen LogP contribution in [0, 0.1) is 0 Å². The van der Waals surface area contributed by atoms with Crippen LogP contribution in [0.15, 0.2) is 32.3 Å². The van der Waals surface area contributed by atoms with Gasteiger partial charge >= 0.3 is 256 Å². The number of hydrogen-bond acceptors (Lipinski definition) is 4. The summed E-state index contributed by atoms with van der Waals surface area (Å²) in [5, 5.41) is 22.7. The van der Waals surface area contributed by atoms with Gasteiger partial charge in [0.2, 0.25) is 0 Å². The third-order valence-corrected chi connectivity index (χ3v) is 10.5. The molecule has 0 spiro atoms. The molecule has 0 aromatic heterocycles. The van der Waals surface area contributed by atoms with Crippen molar-refractivity contribution in [2.24, 2.45) is 8.02 Å². The fourth-order valence-corrected chi connectivity index (χ4v) is 7.47. The zero-order chi connectivity index (χ0) is 31.0. The van der Waals surface area contributed by atoms with E-state index in [0.29, 0.717) is 16.3 Å². The van der Waals surface area contributed by atoms with Crippen LogP contribution in [0.25, 0.3) is 0 Å². The van der Waals surface area contributed by atoms with E-state index in [0.717, 1.165) is 35.1 Å². The van der Waals surface area contributed by atoms with Gasteiger partial charge in [-0.1, -0.05) is 0 Å². The molecule has 1 fully saturated rings. The number of aromatic hydroxyl groups is 2. The molecule has 6 heteroatoms. The molecule has 0 bridgehead atoms. The molecular weight excluding hydrogens is 583 g/mol. The first-order chi connectivity index (χ1) is 18.7. The standard InChI is InChI=1S/2C15H22NO.C6H11.ClH.Mn/c2*1-14(2,3)11-7-10(9-16)13(17)12(8-11)15(4,5)6;1-2-4-6-5-3-1;;/h2*7-9,17H,1-6H3;1H,2-6H2;1H;/q2*-1;;;+3/p-1. The molecule has 42 heavy (non-hydrogen) atoms. The van der Waals surface area contributed by atoms with Gasteiger partial charge in [-0.25, -0.2) is 0 Å². The third-order valence-electron chi connectivity index (χ3n) is 8.01. The van der Waals surface area contributed by atoms with Crippen molar-refractivity contribution in [2.75, 3.05) is 0 Å². The third kappa shape index (κ3) is 9.10. The van der Waals surface area contributed by atoms with Crippen molar-refractivity contribution < 1.29 is 37.0 Å². The largest absolute Gasteiger partial charge is 1.00 e. The molecule has 235 valence electrons. The average molecular weight is 638 g/mol. The Kier molecular flexibility index (Phi) is 11.7. The van der Waals surface area contributed by atoms with Crippen LogP contribution in [-0.4, -0.2) is 22.6 Å². The van der Waals surface area contributed by atoms with Gasteiger partial charge in [0.1, 0.15) is 0 Å². The summed E-state index contributed by atoms with van der Waals surface area (Å²) in [6.45, 7) is 26.1. The Labute approximate surface area is 267 Å². The van der Waals surface area contributed by atoms with Crippen LogP contribution in [0.3, 0.4) is 0 Å². The van der Waals surface area contributed by atoms with E-state index in [1.807, 2.05) is 12.4 Å². The van der Waals surface area contributed by atoms with Gasteiger partial charge in [0.25, 0.3) is 0 Å². The molecule has 0 heterocycles. The van der Waals surface area contributed by atoms with Crippen LogP contribution in [0.5, 0.6) is 11.5 Å². The van der Waals surface area contributed by atoms with Crippen LogP contribution in [-0.2, 0) is 36.0 Å². The number of halogens is 1. The fourth-order valence-electron chi connectivity index (χ4n) is 5.16. The van der Waals surface area contributed by atoms with Gasteiger partial charge < -0.3 is 12.4 Å². The van der Waals surface area contributed by atoms with Crippen LogP contribution in [0.1, 0.15) is 149 Å². The van der Waals surface area contributed by atoms with Gasteiger partial charge in [0.05, 0.1) is 0 Å². The van der Waals surface area contributed by atoms with E-state index in [1.165, 1.54) is 30.4 Å². The summed E-state index contributed by atoms with van der Waals surface area (Å²) in [5.41, 5.74) is 5.32. The summed E-state index contributed by atoms with van der Waals surface area (Å²) in [6.07, 6.45) is 9.72. The predicted octanol–water partition coefficient (Wildman–Crippen LogP) is 7.03. The van der Waals surface area contributed by atoms with Gasteiger partial charge in [0.15, 0.2) is 0 Å². The van der Waals surface area contributed by atoms with Crippen molar-refractivity contribution in [1.82, 2.24) is 0 Å². The number of phenols is 2. The minimum absolute atomic E-state index is 0. The van der Waals surface area contributed by atoms with Gasteiger partial charge in [-0.15, -0.1) is 0 Å². The topological polar surface area (TPSA) is 65.2 Å². The minimum atomic E-state index is -1.58. The van der Waals surface area contributed by atoms with Gasteiger partial charge in [-0.3, -0.25) is 0 Å². The zero-order valence-electron chi connectivity index (χ0n) is 28.1. The van der Waals surface area contributed by atoms with Crippen LogP contribution < -0.4 is 12.4 Å². The SMILES string of the molecule is CC(C)(C)c1cc(C=[N][Mn+]([N]=Cc2cc(C(C)(C)C)cc(C(C)(C)C)c2O)[CH]2CCCCC2)c(O)c(C(C)(C)C)c1.[Cl-]. The molecule has 0 unspecified atom stereocenters. The summed E-state index contributed by atoms with van der Waals surface area (Å²) in [4.78, 5) is 0.439. The van der Waals surface area contributed by atoms with Gasteiger partial charge in [-0.2, -0.15) is 0 Å². The molecule has 1 aliphatic rings. The quantitative estimate of drug-likeness (QED) is 0.273. The van der Waals surface area contributed by atoms with Crippen molar-refractivity contribution in [3.05, 3.63) is 57.6 Å². The van der Waals surface area contributed by atoms with Crippen LogP contribution >= 0.6 is 0 Å². The van der Waals surface area contributed by atoms with Gasteiger partial charge in [0, 0.05) is 0 Å². The summed E-state index contributed by atoms with van der Waals surface area (Å²) >= 11 is -1.58. The second-order valence-electron chi connectivity index (χ2n) is 15.9. The number of nitrogens with zero attached hydrogens (tertiary/aromatic N) is 2. The molecule has 2 aromatic rings. The van der Waals surface area contributed by atoms with E-state index < -0.39 is 14.3 Å². The number of rotatable bonds is 5. The monoisotopic (exact) mass is 637 g/mol. The molecule has 0 saturated heterocycles. The Morgan fingerprint density at radius 3 is 1.26 bits per heavy atom. The van der Waals surface area contributed by atoms with Crippen molar-refractivity contribution in [2.45, 2.75) is 142 Å². The Morgan fingerprint density at radius 2 is 0.952 bits per heavy atom. The normalized spacial score (nSPS) is 16.0.